The first-order chi connectivity index (χ1) is 13.2. The Hall–Kier alpha value is -2.86. The molecule has 5 nitrogen and oxygen atoms in total. The quantitative estimate of drug-likeness (QED) is 0.767. The van der Waals surface area contributed by atoms with E-state index in [2.05, 4.69) is 14.9 Å². The number of aromatic nitrogens is 3. The van der Waals surface area contributed by atoms with Crippen LogP contribution < -0.4 is 5.56 Å². The van der Waals surface area contributed by atoms with Gasteiger partial charge in [0, 0.05) is 30.6 Å². The highest BCUT2D eigenvalue weighted by Crippen LogP contribution is 2.31. The van der Waals surface area contributed by atoms with Gasteiger partial charge in [0.1, 0.15) is 11.6 Å². The Labute approximate surface area is 156 Å². The SMILES string of the molecule is O=c1cc([C@@H]2CCCCN2Cc2ccc(F)cc2)nc(-c2cccnc2)[nH]1. The fraction of sp³-hybridized carbons (Fsp3) is 0.286. The fourth-order valence-electron chi connectivity index (χ4n) is 3.63. The number of nitrogens with zero attached hydrogens (tertiary/aromatic N) is 3. The van der Waals surface area contributed by atoms with Crippen LogP contribution in [-0.2, 0) is 6.54 Å². The molecule has 1 saturated heterocycles. The van der Waals surface area contributed by atoms with Crippen molar-refractivity contribution in [3.63, 3.8) is 0 Å². The van der Waals surface area contributed by atoms with Crippen LogP contribution in [0.4, 0.5) is 4.39 Å². The lowest BCUT2D eigenvalue weighted by Crippen LogP contribution is -2.34. The molecule has 0 spiro atoms. The maximum Gasteiger partial charge on any atom is 0.251 e. The van der Waals surface area contributed by atoms with Gasteiger partial charge in [-0.3, -0.25) is 14.7 Å². The molecule has 0 aliphatic carbocycles. The summed E-state index contributed by atoms with van der Waals surface area (Å²) in [6.45, 7) is 1.64. The van der Waals surface area contributed by atoms with Crippen molar-refractivity contribution in [1.29, 1.82) is 0 Å². The van der Waals surface area contributed by atoms with Crippen LogP contribution in [0.2, 0.25) is 0 Å². The van der Waals surface area contributed by atoms with Crippen LogP contribution in [0.15, 0.2) is 59.7 Å². The number of likely N-dealkylation sites (tertiary alicyclic amines) is 1. The van der Waals surface area contributed by atoms with Gasteiger partial charge in [-0.05, 0) is 49.2 Å². The number of halogens is 1. The minimum Gasteiger partial charge on any atom is -0.306 e. The summed E-state index contributed by atoms with van der Waals surface area (Å²) in [5, 5.41) is 0. The summed E-state index contributed by atoms with van der Waals surface area (Å²) in [4.78, 5) is 26.2. The van der Waals surface area contributed by atoms with Gasteiger partial charge in [-0.1, -0.05) is 18.6 Å². The second-order valence-electron chi connectivity index (χ2n) is 6.87. The number of hydrogen-bond acceptors (Lipinski definition) is 4. The zero-order valence-corrected chi connectivity index (χ0v) is 14.9. The number of benzene rings is 1. The Bertz CT molecular complexity index is 956. The van der Waals surface area contributed by atoms with Crippen molar-refractivity contribution in [2.45, 2.75) is 31.8 Å². The highest BCUT2D eigenvalue weighted by Gasteiger charge is 2.26. The zero-order valence-electron chi connectivity index (χ0n) is 14.9. The van der Waals surface area contributed by atoms with Crippen LogP contribution in [0.3, 0.4) is 0 Å². The van der Waals surface area contributed by atoms with E-state index < -0.39 is 0 Å². The van der Waals surface area contributed by atoms with Gasteiger partial charge in [-0.2, -0.15) is 0 Å². The van der Waals surface area contributed by atoms with Crippen molar-refractivity contribution in [2.24, 2.45) is 0 Å². The first kappa shape index (κ1) is 17.5. The first-order valence-electron chi connectivity index (χ1n) is 9.19. The molecule has 27 heavy (non-hydrogen) atoms. The van der Waals surface area contributed by atoms with Crippen LogP contribution in [-0.4, -0.2) is 26.4 Å². The lowest BCUT2D eigenvalue weighted by Gasteiger charge is -2.35. The predicted molar refractivity (Wildman–Crippen MR) is 101 cm³/mol. The molecule has 1 aliphatic rings. The summed E-state index contributed by atoms with van der Waals surface area (Å²) < 4.78 is 13.2. The van der Waals surface area contributed by atoms with E-state index in [9.17, 15) is 9.18 Å². The normalized spacial score (nSPS) is 17.7. The summed E-state index contributed by atoms with van der Waals surface area (Å²) in [6, 6.07) is 12.0. The van der Waals surface area contributed by atoms with E-state index in [-0.39, 0.29) is 17.4 Å². The Morgan fingerprint density at radius 1 is 1.19 bits per heavy atom. The molecule has 0 bridgehead atoms. The Balaban J connectivity index is 1.64. The summed E-state index contributed by atoms with van der Waals surface area (Å²) in [5.41, 5.74) is 2.46. The van der Waals surface area contributed by atoms with Crippen LogP contribution in [0, 0.1) is 5.82 Å². The van der Waals surface area contributed by atoms with Gasteiger partial charge >= 0.3 is 0 Å². The molecule has 138 valence electrons. The minimum absolute atomic E-state index is 0.0709. The standard InChI is InChI=1S/C21H21FN4O/c22-17-8-6-15(7-9-17)14-26-11-2-1-5-19(26)18-12-20(27)25-21(24-18)16-4-3-10-23-13-16/h3-4,6-10,12-13,19H,1-2,5,11,14H2,(H,24,25,27)/t19-/m0/s1. The zero-order chi connectivity index (χ0) is 18.6. The monoisotopic (exact) mass is 364 g/mol. The second-order valence-corrected chi connectivity index (χ2v) is 6.87. The maximum atomic E-state index is 13.2. The summed E-state index contributed by atoms with van der Waals surface area (Å²) in [7, 11) is 0. The van der Waals surface area contributed by atoms with Crippen molar-refractivity contribution < 1.29 is 4.39 Å². The molecule has 0 radical (unpaired) electrons. The number of hydrogen-bond donors (Lipinski definition) is 1. The number of aromatic amines is 1. The molecule has 1 atom stereocenters. The van der Waals surface area contributed by atoms with Gasteiger partial charge in [-0.25, -0.2) is 9.37 Å². The molecule has 3 heterocycles. The number of H-pyrrole nitrogens is 1. The van der Waals surface area contributed by atoms with Gasteiger partial charge in [0.05, 0.1) is 11.7 Å². The van der Waals surface area contributed by atoms with Crippen molar-refractivity contribution in [2.75, 3.05) is 6.54 Å². The van der Waals surface area contributed by atoms with Gasteiger partial charge in [0.25, 0.3) is 5.56 Å². The van der Waals surface area contributed by atoms with Crippen molar-refractivity contribution in [1.82, 2.24) is 19.9 Å². The average Bonchev–Trinajstić information content (AvgIpc) is 2.70. The fourth-order valence-corrected chi connectivity index (χ4v) is 3.63. The first-order valence-corrected chi connectivity index (χ1v) is 9.19. The van der Waals surface area contributed by atoms with Crippen molar-refractivity contribution in [3.8, 4) is 11.4 Å². The van der Waals surface area contributed by atoms with Gasteiger partial charge in [-0.15, -0.1) is 0 Å². The van der Waals surface area contributed by atoms with E-state index in [0.717, 1.165) is 42.6 Å². The van der Waals surface area contributed by atoms with Crippen LogP contribution in [0.1, 0.15) is 36.6 Å². The molecule has 3 aromatic rings. The molecule has 1 aliphatic heterocycles. The van der Waals surface area contributed by atoms with E-state index in [1.807, 2.05) is 24.3 Å². The van der Waals surface area contributed by atoms with Crippen LogP contribution in [0.5, 0.6) is 0 Å². The Kier molecular flexibility index (Phi) is 5.07. The molecule has 1 N–H and O–H groups in total. The largest absolute Gasteiger partial charge is 0.306 e. The third-order valence-corrected chi connectivity index (χ3v) is 4.95. The van der Waals surface area contributed by atoms with E-state index >= 15 is 0 Å². The Morgan fingerprint density at radius 2 is 2.04 bits per heavy atom. The third-order valence-electron chi connectivity index (χ3n) is 4.95. The molecule has 0 saturated carbocycles. The van der Waals surface area contributed by atoms with E-state index in [1.54, 1.807) is 18.5 Å². The summed E-state index contributed by atoms with van der Waals surface area (Å²) in [5.74, 6) is 0.309. The molecule has 6 heteroatoms. The molecule has 4 rings (SSSR count). The summed E-state index contributed by atoms with van der Waals surface area (Å²) >= 11 is 0. The number of nitrogens with one attached hydrogen (secondary N) is 1. The molecule has 0 amide bonds. The predicted octanol–water partition coefficient (Wildman–Crippen LogP) is 3.70. The number of piperidine rings is 1. The molecule has 1 aromatic carbocycles. The second kappa shape index (κ2) is 7.80. The van der Waals surface area contributed by atoms with Gasteiger partial charge in [0.15, 0.2) is 0 Å². The number of rotatable bonds is 4. The number of pyridine rings is 1. The van der Waals surface area contributed by atoms with E-state index in [0.29, 0.717) is 12.4 Å². The van der Waals surface area contributed by atoms with E-state index in [1.165, 1.54) is 12.1 Å². The van der Waals surface area contributed by atoms with Crippen molar-refractivity contribution in [3.05, 3.63) is 82.3 Å². The van der Waals surface area contributed by atoms with Gasteiger partial charge < -0.3 is 4.98 Å². The molecular formula is C21H21FN4O. The lowest BCUT2D eigenvalue weighted by atomic mass is 9.98. The topological polar surface area (TPSA) is 61.9 Å². The van der Waals surface area contributed by atoms with Crippen molar-refractivity contribution >= 4 is 0 Å². The highest BCUT2D eigenvalue weighted by atomic mass is 19.1. The molecule has 1 fully saturated rings. The lowest BCUT2D eigenvalue weighted by molar-refractivity contribution is 0.137. The molecule has 2 aromatic heterocycles. The summed E-state index contributed by atoms with van der Waals surface area (Å²) in [6.07, 6.45) is 6.54. The highest BCUT2D eigenvalue weighted by molar-refractivity contribution is 5.52. The van der Waals surface area contributed by atoms with Crippen LogP contribution >= 0.6 is 0 Å². The maximum absolute atomic E-state index is 13.2. The van der Waals surface area contributed by atoms with E-state index in [4.69, 9.17) is 4.98 Å². The third kappa shape index (κ3) is 4.11. The minimum atomic E-state index is -0.230. The van der Waals surface area contributed by atoms with Gasteiger partial charge in [0.2, 0.25) is 0 Å². The smallest absolute Gasteiger partial charge is 0.251 e. The average molecular weight is 364 g/mol. The Morgan fingerprint density at radius 3 is 2.81 bits per heavy atom. The molecular weight excluding hydrogens is 343 g/mol. The molecule has 0 unspecified atom stereocenters. The van der Waals surface area contributed by atoms with Crippen LogP contribution in [0.25, 0.3) is 11.4 Å².